The number of aromatic hydroxyl groups is 1. The van der Waals surface area contributed by atoms with Crippen molar-refractivity contribution >= 4 is 11.7 Å². The van der Waals surface area contributed by atoms with Gasteiger partial charge in [-0.1, -0.05) is 0 Å². The van der Waals surface area contributed by atoms with Gasteiger partial charge in [-0.3, -0.25) is 4.79 Å². The van der Waals surface area contributed by atoms with Gasteiger partial charge in [0.2, 0.25) is 0 Å². The number of benzene rings is 1. The van der Waals surface area contributed by atoms with Gasteiger partial charge in [0.25, 0.3) is 5.91 Å². The highest BCUT2D eigenvalue weighted by Gasteiger charge is 2.19. The molecule has 4 nitrogen and oxygen atoms in total. The summed E-state index contributed by atoms with van der Waals surface area (Å²) in [6.07, 6.45) is 1.29. The van der Waals surface area contributed by atoms with Crippen LogP contribution in [0.25, 0.3) is 0 Å². The molecule has 0 saturated carbocycles. The van der Waals surface area contributed by atoms with Crippen molar-refractivity contribution in [3.05, 3.63) is 53.5 Å². The SMILES string of the molecule is O=C(Nc1ncccc1O)c1ccc(F)c(F)c1F. The predicted molar refractivity (Wildman–Crippen MR) is 60.2 cm³/mol. The Morgan fingerprint density at radius 1 is 1.16 bits per heavy atom. The van der Waals surface area contributed by atoms with Crippen LogP contribution in [0.4, 0.5) is 19.0 Å². The van der Waals surface area contributed by atoms with Crippen LogP contribution in [0, 0.1) is 17.5 Å². The standard InChI is InChI=1S/C12H7F3N2O2/c13-7-4-3-6(9(14)10(7)15)12(19)17-11-8(18)2-1-5-16-11/h1-5,18H,(H,16,17,19). The van der Waals surface area contributed by atoms with Gasteiger partial charge in [0.05, 0.1) is 5.56 Å². The predicted octanol–water partition coefficient (Wildman–Crippen LogP) is 2.46. The number of hydrogen-bond donors (Lipinski definition) is 2. The Bertz CT molecular complexity index is 647. The van der Waals surface area contributed by atoms with E-state index in [9.17, 15) is 23.1 Å². The first-order valence-electron chi connectivity index (χ1n) is 5.09. The third-order valence-electron chi connectivity index (χ3n) is 2.30. The van der Waals surface area contributed by atoms with Crippen molar-refractivity contribution in [3.8, 4) is 5.75 Å². The van der Waals surface area contributed by atoms with E-state index in [1.54, 1.807) is 0 Å². The molecule has 1 amide bonds. The Morgan fingerprint density at radius 2 is 1.89 bits per heavy atom. The maximum absolute atomic E-state index is 13.4. The van der Waals surface area contributed by atoms with Gasteiger partial charge in [0, 0.05) is 6.20 Å². The van der Waals surface area contributed by atoms with Crippen molar-refractivity contribution in [2.75, 3.05) is 5.32 Å². The number of nitrogens with one attached hydrogen (secondary N) is 1. The first kappa shape index (κ1) is 12.9. The molecule has 1 heterocycles. The Balaban J connectivity index is 2.31. The van der Waals surface area contributed by atoms with E-state index >= 15 is 0 Å². The molecule has 0 bridgehead atoms. The highest BCUT2D eigenvalue weighted by atomic mass is 19.2. The largest absolute Gasteiger partial charge is 0.504 e. The highest BCUT2D eigenvalue weighted by molar-refractivity contribution is 6.04. The summed E-state index contributed by atoms with van der Waals surface area (Å²) in [6.45, 7) is 0. The minimum absolute atomic E-state index is 0.211. The van der Waals surface area contributed by atoms with Gasteiger partial charge >= 0.3 is 0 Å². The van der Waals surface area contributed by atoms with Gasteiger partial charge in [0.1, 0.15) is 0 Å². The van der Waals surface area contributed by atoms with Crippen LogP contribution in [-0.2, 0) is 0 Å². The third kappa shape index (κ3) is 2.49. The molecule has 98 valence electrons. The van der Waals surface area contributed by atoms with Crippen LogP contribution < -0.4 is 5.32 Å². The van der Waals surface area contributed by atoms with Gasteiger partial charge in [-0.15, -0.1) is 0 Å². The summed E-state index contributed by atoms with van der Waals surface area (Å²) in [7, 11) is 0. The topological polar surface area (TPSA) is 62.2 Å². The fourth-order valence-electron chi connectivity index (χ4n) is 1.37. The molecule has 2 aromatic rings. The number of hydrogen-bond acceptors (Lipinski definition) is 3. The summed E-state index contributed by atoms with van der Waals surface area (Å²) >= 11 is 0. The third-order valence-corrected chi connectivity index (χ3v) is 2.30. The molecule has 2 rings (SSSR count). The molecular weight excluding hydrogens is 261 g/mol. The van der Waals surface area contributed by atoms with Gasteiger partial charge in [0.15, 0.2) is 29.0 Å². The second kappa shape index (κ2) is 4.97. The lowest BCUT2D eigenvalue weighted by Gasteiger charge is -2.07. The number of aromatic nitrogens is 1. The van der Waals surface area contributed by atoms with E-state index in [2.05, 4.69) is 10.3 Å². The number of pyridine rings is 1. The lowest BCUT2D eigenvalue weighted by molar-refractivity contribution is 0.102. The van der Waals surface area contributed by atoms with E-state index < -0.39 is 28.9 Å². The van der Waals surface area contributed by atoms with Crippen LogP contribution in [0.1, 0.15) is 10.4 Å². The van der Waals surface area contributed by atoms with E-state index in [0.717, 1.165) is 6.07 Å². The second-order valence-corrected chi connectivity index (χ2v) is 3.55. The molecule has 0 saturated heterocycles. The molecule has 7 heteroatoms. The van der Waals surface area contributed by atoms with Crippen molar-refractivity contribution in [3.63, 3.8) is 0 Å². The van der Waals surface area contributed by atoms with Crippen molar-refractivity contribution in [1.29, 1.82) is 0 Å². The van der Waals surface area contributed by atoms with Crippen LogP contribution in [0.5, 0.6) is 5.75 Å². The minimum Gasteiger partial charge on any atom is -0.504 e. The van der Waals surface area contributed by atoms with Crippen LogP contribution in [0.15, 0.2) is 30.5 Å². The molecule has 0 aliphatic heterocycles. The zero-order valence-electron chi connectivity index (χ0n) is 9.32. The van der Waals surface area contributed by atoms with Crippen molar-refractivity contribution in [1.82, 2.24) is 4.98 Å². The Labute approximate surface area is 105 Å². The van der Waals surface area contributed by atoms with Gasteiger partial charge in [-0.05, 0) is 24.3 Å². The smallest absolute Gasteiger partial charge is 0.260 e. The summed E-state index contributed by atoms with van der Waals surface area (Å²) < 4.78 is 39.0. The summed E-state index contributed by atoms with van der Waals surface area (Å²) in [5.41, 5.74) is -0.691. The number of carbonyl (C=O) groups excluding carboxylic acids is 1. The number of halogens is 3. The molecule has 2 N–H and O–H groups in total. The molecule has 0 radical (unpaired) electrons. The van der Waals surface area contributed by atoms with E-state index in [-0.39, 0.29) is 11.6 Å². The number of rotatable bonds is 2. The van der Waals surface area contributed by atoms with E-state index in [1.807, 2.05) is 0 Å². The molecule has 0 fully saturated rings. The minimum atomic E-state index is -1.74. The molecule has 0 aliphatic carbocycles. The lowest BCUT2D eigenvalue weighted by Crippen LogP contribution is -2.16. The number of amides is 1. The fraction of sp³-hybridized carbons (Fsp3) is 0. The molecule has 19 heavy (non-hydrogen) atoms. The molecule has 0 unspecified atom stereocenters. The van der Waals surface area contributed by atoms with Gasteiger partial charge in [-0.2, -0.15) is 0 Å². The molecule has 0 aliphatic rings. The lowest BCUT2D eigenvalue weighted by atomic mass is 10.2. The van der Waals surface area contributed by atoms with Crippen LogP contribution >= 0.6 is 0 Å². The van der Waals surface area contributed by atoms with Crippen molar-refractivity contribution in [2.24, 2.45) is 0 Å². The monoisotopic (exact) mass is 268 g/mol. The van der Waals surface area contributed by atoms with Crippen LogP contribution in [0.3, 0.4) is 0 Å². The molecular formula is C12H7F3N2O2. The average Bonchev–Trinajstić information content (AvgIpc) is 2.39. The van der Waals surface area contributed by atoms with Crippen LogP contribution in [0.2, 0.25) is 0 Å². The number of nitrogens with zero attached hydrogens (tertiary/aromatic N) is 1. The summed E-state index contributed by atoms with van der Waals surface area (Å²) in [5, 5.41) is 11.5. The Morgan fingerprint density at radius 3 is 2.58 bits per heavy atom. The Hall–Kier alpha value is -2.57. The highest BCUT2D eigenvalue weighted by Crippen LogP contribution is 2.21. The van der Waals surface area contributed by atoms with E-state index in [4.69, 9.17) is 0 Å². The number of carbonyl (C=O) groups is 1. The van der Waals surface area contributed by atoms with Crippen LogP contribution in [-0.4, -0.2) is 16.0 Å². The van der Waals surface area contributed by atoms with Gasteiger partial charge < -0.3 is 10.4 Å². The summed E-state index contributed by atoms with van der Waals surface area (Å²) in [6, 6.07) is 4.10. The van der Waals surface area contributed by atoms with Gasteiger partial charge in [-0.25, -0.2) is 18.2 Å². The first-order valence-corrected chi connectivity index (χ1v) is 5.09. The van der Waals surface area contributed by atoms with Crippen molar-refractivity contribution in [2.45, 2.75) is 0 Å². The number of anilines is 1. The maximum Gasteiger partial charge on any atom is 0.260 e. The zero-order valence-corrected chi connectivity index (χ0v) is 9.32. The Kier molecular flexibility index (Phi) is 3.37. The molecule has 1 aromatic carbocycles. The summed E-state index contributed by atoms with van der Waals surface area (Å²) in [5.74, 6) is -6.33. The second-order valence-electron chi connectivity index (χ2n) is 3.55. The zero-order chi connectivity index (χ0) is 14.0. The fourth-order valence-corrected chi connectivity index (χ4v) is 1.37. The van der Waals surface area contributed by atoms with Crippen molar-refractivity contribution < 1.29 is 23.1 Å². The van der Waals surface area contributed by atoms with E-state index in [0.29, 0.717) is 6.07 Å². The first-order chi connectivity index (χ1) is 9.00. The summed E-state index contributed by atoms with van der Waals surface area (Å²) in [4.78, 5) is 15.3. The molecule has 0 atom stereocenters. The normalized spacial score (nSPS) is 10.3. The molecule has 1 aromatic heterocycles. The quantitative estimate of drug-likeness (QED) is 0.822. The molecule has 0 spiro atoms. The van der Waals surface area contributed by atoms with E-state index in [1.165, 1.54) is 18.3 Å². The maximum atomic E-state index is 13.4. The average molecular weight is 268 g/mol.